The van der Waals surface area contributed by atoms with Gasteiger partial charge in [-0.3, -0.25) is 4.79 Å². The van der Waals surface area contributed by atoms with Crippen LogP contribution in [0, 0.1) is 0 Å². The molecular formula is C10H14N2O3S. The van der Waals surface area contributed by atoms with Gasteiger partial charge in [-0.2, -0.15) is 0 Å². The van der Waals surface area contributed by atoms with E-state index >= 15 is 0 Å². The Morgan fingerprint density at radius 3 is 2.31 bits per heavy atom. The van der Waals surface area contributed by atoms with Crippen LogP contribution in [0.5, 0.6) is 0 Å². The molecule has 0 aromatic heterocycles. The van der Waals surface area contributed by atoms with Crippen LogP contribution in [0.1, 0.15) is 12.0 Å². The van der Waals surface area contributed by atoms with Crippen molar-refractivity contribution in [2.75, 3.05) is 7.05 Å². The molecule has 0 heterocycles. The van der Waals surface area contributed by atoms with Crippen molar-refractivity contribution in [2.24, 2.45) is 5.14 Å². The monoisotopic (exact) mass is 242 g/mol. The topological polar surface area (TPSA) is 89.3 Å². The smallest absolute Gasteiger partial charge is 0.238 e. The Kier molecular flexibility index (Phi) is 4.03. The highest BCUT2D eigenvalue weighted by atomic mass is 32.2. The van der Waals surface area contributed by atoms with E-state index in [0.29, 0.717) is 12.8 Å². The lowest BCUT2D eigenvalue weighted by Gasteiger charge is -2.02. The summed E-state index contributed by atoms with van der Waals surface area (Å²) in [6.07, 6.45) is 0.954. The van der Waals surface area contributed by atoms with Gasteiger partial charge in [0.2, 0.25) is 15.9 Å². The van der Waals surface area contributed by atoms with Gasteiger partial charge in [-0.25, -0.2) is 13.6 Å². The number of nitrogens with one attached hydrogen (secondary N) is 1. The molecule has 1 aromatic carbocycles. The third-order valence-electron chi connectivity index (χ3n) is 2.17. The molecule has 5 nitrogen and oxygen atoms in total. The molecule has 0 atom stereocenters. The van der Waals surface area contributed by atoms with E-state index in [-0.39, 0.29) is 10.8 Å². The Hall–Kier alpha value is -1.40. The number of primary sulfonamides is 1. The molecule has 0 saturated carbocycles. The lowest BCUT2D eigenvalue weighted by Crippen LogP contribution is -2.18. The Bertz CT molecular complexity index is 465. The molecule has 88 valence electrons. The molecule has 0 spiro atoms. The van der Waals surface area contributed by atoms with E-state index in [1.807, 2.05) is 0 Å². The Labute approximate surface area is 94.7 Å². The minimum Gasteiger partial charge on any atom is -0.359 e. The summed E-state index contributed by atoms with van der Waals surface area (Å²) in [6, 6.07) is 6.19. The highest BCUT2D eigenvalue weighted by molar-refractivity contribution is 7.89. The fourth-order valence-electron chi connectivity index (χ4n) is 1.23. The van der Waals surface area contributed by atoms with E-state index in [1.165, 1.54) is 12.1 Å². The van der Waals surface area contributed by atoms with Gasteiger partial charge in [0.15, 0.2) is 0 Å². The predicted octanol–water partition coefficient (Wildman–Crippen LogP) is 0.0126. The van der Waals surface area contributed by atoms with Crippen LogP contribution in [0.3, 0.4) is 0 Å². The van der Waals surface area contributed by atoms with E-state index in [0.717, 1.165) is 5.56 Å². The normalized spacial score (nSPS) is 11.1. The van der Waals surface area contributed by atoms with Gasteiger partial charge in [-0.15, -0.1) is 0 Å². The maximum Gasteiger partial charge on any atom is 0.238 e. The Morgan fingerprint density at radius 2 is 1.88 bits per heavy atom. The van der Waals surface area contributed by atoms with E-state index in [4.69, 9.17) is 5.14 Å². The second-order valence-electron chi connectivity index (χ2n) is 3.36. The summed E-state index contributed by atoms with van der Waals surface area (Å²) in [7, 11) is -2.06. The maximum atomic E-state index is 11.0. The molecule has 0 unspecified atom stereocenters. The zero-order valence-electron chi connectivity index (χ0n) is 8.93. The van der Waals surface area contributed by atoms with Crippen molar-refractivity contribution in [3.8, 4) is 0 Å². The number of hydrogen-bond donors (Lipinski definition) is 2. The summed E-state index contributed by atoms with van der Waals surface area (Å²) in [4.78, 5) is 11.1. The van der Waals surface area contributed by atoms with Crippen LogP contribution in [0.2, 0.25) is 0 Å². The average molecular weight is 242 g/mol. The minimum atomic E-state index is -3.63. The minimum absolute atomic E-state index is 0.0458. The summed E-state index contributed by atoms with van der Waals surface area (Å²) in [5.41, 5.74) is 0.899. The molecule has 0 bridgehead atoms. The number of aryl methyl sites for hydroxylation is 1. The van der Waals surface area contributed by atoms with Gasteiger partial charge in [0, 0.05) is 13.5 Å². The molecular weight excluding hydrogens is 228 g/mol. The molecule has 0 aliphatic carbocycles. The van der Waals surface area contributed by atoms with Gasteiger partial charge in [-0.05, 0) is 24.1 Å². The van der Waals surface area contributed by atoms with Gasteiger partial charge >= 0.3 is 0 Å². The molecule has 0 saturated heterocycles. The second kappa shape index (κ2) is 5.09. The van der Waals surface area contributed by atoms with E-state index in [2.05, 4.69) is 5.32 Å². The fraction of sp³-hybridized carbons (Fsp3) is 0.300. The molecule has 3 N–H and O–H groups in total. The average Bonchev–Trinajstić information content (AvgIpc) is 2.25. The number of rotatable bonds is 4. The van der Waals surface area contributed by atoms with Crippen molar-refractivity contribution in [3.63, 3.8) is 0 Å². The SMILES string of the molecule is CNC(=O)CCc1ccc(S(N)(=O)=O)cc1. The van der Waals surface area contributed by atoms with Crippen LogP contribution in [0.15, 0.2) is 29.2 Å². The lowest BCUT2D eigenvalue weighted by atomic mass is 10.1. The fourth-order valence-corrected chi connectivity index (χ4v) is 1.74. The zero-order valence-corrected chi connectivity index (χ0v) is 9.75. The van der Waals surface area contributed by atoms with Crippen LogP contribution < -0.4 is 10.5 Å². The zero-order chi connectivity index (χ0) is 12.2. The third-order valence-corrected chi connectivity index (χ3v) is 3.10. The summed E-state index contributed by atoms with van der Waals surface area (Å²) >= 11 is 0. The summed E-state index contributed by atoms with van der Waals surface area (Å²) < 4.78 is 21.9. The highest BCUT2D eigenvalue weighted by Gasteiger charge is 2.07. The second-order valence-corrected chi connectivity index (χ2v) is 4.92. The highest BCUT2D eigenvalue weighted by Crippen LogP contribution is 2.10. The largest absolute Gasteiger partial charge is 0.359 e. The number of carbonyl (C=O) groups excluding carboxylic acids is 1. The molecule has 1 aromatic rings. The van der Waals surface area contributed by atoms with Gasteiger partial charge in [-0.1, -0.05) is 12.1 Å². The maximum absolute atomic E-state index is 11.0. The van der Waals surface area contributed by atoms with Crippen LogP contribution in [-0.2, 0) is 21.2 Å². The Morgan fingerprint density at radius 1 is 1.31 bits per heavy atom. The first kappa shape index (κ1) is 12.7. The van der Waals surface area contributed by atoms with Crippen molar-refractivity contribution < 1.29 is 13.2 Å². The quantitative estimate of drug-likeness (QED) is 0.779. The van der Waals surface area contributed by atoms with Crippen molar-refractivity contribution in [3.05, 3.63) is 29.8 Å². The van der Waals surface area contributed by atoms with Crippen molar-refractivity contribution in [1.29, 1.82) is 0 Å². The van der Waals surface area contributed by atoms with Gasteiger partial charge < -0.3 is 5.32 Å². The molecule has 0 fully saturated rings. The number of hydrogen-bond acceptors (Lipinski definition) is 3. The lowest BCUT2D eigenvalue weighted by molar-refractivity contribution is -0.120. The van der Waals surface area contributed by atoms with Crippen LogP contribution in [-0.4, -0.2) is 21.4 Å². The van der Waals surface area contributed by atoms with E-state index < -0.39 is 10.0 Å². The summed E-state index contributed by atoms with van der Waals surface area (Å²) in [5, 5.41) is 7.47. The van der Waals surface area contributed by atoms with E-state index in [1.54, 1.807) is 19.2 Å². The number of carbonyl (C=O) groups is 1. The van der Waals surface area contributed by atoms with Crippen LogP contribution >= 0.6 is 0 Å². The molecule has 6 heteroatoms. The predicted molar refractivity (Wildman–Crippen MR) is 60.2 cm³/mol. The van der Waals surface area contributed by atoms with Gasteiger partial charge in [0.25, 0.3) is 0 Å². The molecule has 0 radical (unpaired) electrons. The molecule has 0 aliphatic heterocycles. The molecule has 0 aliphatic rings. The molecule has 1 amide bonds. The van der Waals surface area contributed by atoms with Crippen molar-refractivity contribution in [1.82, 2.24) is 5.32 Å². The van der Waals surface area contributed by atoms with Crippen molar-refractivity contribution in [2.45, 2.75) is 17.7 Å². The van der Waals surface area contributed by atoms with Gasteiger partial charge in [0.05, 0.1) is 4.90 Å². The third kappa shape index (κ3) is 3.63. The number of benzene rings is 1. The first-order chi connectivity index (χ1) is 7.43. The first-order valence-corrected chi connectivity index (χ1v) is 6.30. The number of sulfonamides is 1. The van der Waals surface area contributed by atoms with Gasteiger partial charge in [0.1, 0.15) is 0 Å². The standard InChI is InChI=1S/C10H14N2O3S/c1-12-10(13)7-4-8-2-5-9(6-3-8)16(11,14)15/h2-3,5-6H,4,7H2,1H3,(H,12,13)(H2,11,14,15). The number of amides is 1. The van der Waals surface area contributed by atoms with Crippen molar-refractivity contribution >= 4 is 15.9 Å². The van der Waals surface area contributed by atoms with Crippen LogP contribution in [0.25, 0.3) is 0 Å². The molecule has 1 rings (SSSR count). The van der Waals surface area contributed by atoms with E-state index in [9.17, 15) is 13.2 Å². The molecule has 16 heavy (non-hydrogen) atoms. The Balaban J connectivity index is 2.69. The summed E-state index contributed by atoms with van der Waals surface area (Å²) in [5.74, 6) is -0.0458. The first-order valence-electron chi connectivity index (χ1n) is 4.76. The number of nitrogens with two attached hydrogens (primary N) is 1. The van der Waals surface area contributed by atoms with Crippen LogP contribution in [0.4, 0.5) is 0 Å². The summed E-state index contributed by atoms with van der Waals surface area (Å²) in [6.45, 7) is 0.